The Hall–Kier alpha value is 0.310. The second-order valence-corrected chi connectivity index (χ2v) is 2.80. The van der Waals surface area contributed by atoms with Gasteiger partial charge in [0, 0.05) is 5.25 Å². The summed E-state index contributed by atoms with van der Waals surface area (Å²) in [6.07, 6.45) is 2.57. The van der Waals surface area contributed by atoms with E-state index >= 15 is 0 Å². The summed E-state index contributed by atoms with van der Waals surface area (Å²) in [6.45, 7) is 0.828. The molecule has 1 saturated carbocycles. The first-order valence-corrected chi connectivity index (χ1v) is 3.24. The smallest absolute Gasteiger partial charge is 0.00572 e. The fraction of sp³-hybridized carbons (Fsp3) is 1.00. The van der Waals surface area contributed by atoms with Gasteiger partial charge in [-0.1, -0.05) is 0 Å². The molecule has 0 aromatic heterocycles. The Bertz CT molecular complexity index is 63.1. The van der Waals surface area contributed by atoms with E-state index in [4.69, 9.17) is 5.73 Å². The summed E-state index contributed by atoms with van der Waals surface area (Å²) in [5.41, 5.74) is 5.38. The molecule has 0 aromatic carbocycles. The SMILES string of the molecule is NCC1CCC1S. The van der Waals surface area contributed by atoms with E-state index in [9.17, 15) is 0 Å². The first-order valence-electron chi connectivity index (χ1n) is 2.72. The largest absolute Gasteiger partial charge is 0.330 e. The first-order chi connectivity index (χ1) is 3.34. The van der Waals surface area contributed by atoms with Crippen LogP contribution in [0.15, 0.2) is 0 Å². The van der Waals surface area contributed by atoms with Gasteiger partial charge < -0.3 is 5.73 Å². The minimum atomic E-state index is 0.616. The summed E-state index contributed by atoms with van der Waals surface area (Å²) in [7, 11) is 0. The average molecular weight is 117 g/mol. The van der Waals surface area contributed by atoms with Crippen molar-refractivity contribution in [3.63, 3.8) is 0 Å². The van der Waals surface area contributed by atoms with Crippen molar-refractivity contribution in [3.8, 4) is 0 Å². The van der Waals surface area contributed by atoms with Crippen LogP contribution in [0, 0.1) is 5.92 Å². The van der Waals surface area contributed by atoms with E-state index in [1.165, 1.54) is 12.8 Å². The molecule has 7 heavy (non-hydrogen) atoms. The third-order valence-corrected chi connectivity index (χ3v) is 2.36. The molecule has 1 aliphatic rings. The van der Waals surface area contributed by atoms with E-state index in [-0.39, 0.29) is 0 Å². The summed E-state index contributed by atoms with van der Waals surface area (Å²) in [6, 6.07) is 0. The number of hydrogen-bond acceptors (Lipinski definition) is 2. The van der Waals surface area contributed by atoms with Crippen molar-refractivity contribution in [1.29, 1.82) is 0 Å². The number of rotatable bonds is 1. The molecule has 0 aliphatic heterocycles. The van der Waals surface area contributed by atoms with Crippen molar-refractivity contribution in [1.82, 2.24) is 0 Å². The van der Waals surface area contributed by atoms with Crippen LogP contribution in [-0.2, 0) is 0 Å². The highest BCUT2D eigenvalue weighted by Gasteiger charge is 2.25. The minimum Gasteiger partial charge on any atom is -0.330 e. The molecule has 2 unspecified atom stereocenters. The maximum Gasteiger partial charge on any atom is 0.00572 e. The lowest BCUT2D eigenvalue weighted by Crippen LogP contribution is -2.32. The van der Waals surface area contributed by atoms with Gasteiger partial charge in [-0.15, -0.1) is 0 Å². The van der Waals surface area contributed by atoms with Gasteiger partial charge in [-0.2, -0.15) is 12.6 Å². The molecule has 1 nitrogen and oxygen atoms in total. The summed E-state index contributed by atoms with van der Waals surface area (Å²) >= 11 is 4.28. The molecule has 2 atom stereocenters. The van der Waals surface area contributed by atoms with Gasteiger partial charge in [0.1, 0.15) is 0 Å². The Morgan fingerprint density at radius 2 is 2.29 bits per heavy atom. The topological polar surface area (TPSA) is 26.0 Å². The van der Waals surface area contributed by atoms with Gasteiger partial charge in [-0.05, 0) is 25.3 Å². The molecule has 2 N–H and O–H groups in total. The molecule has 1 aliphatic carbocycles. The molecule has 0 aromatic rings. The van der Waals surface area contributed by atoms with E-state index in [1.807, 2.05) is 0 Å². The van der Waals surface area contributed by atoms with Crippen molar-refractivity contribution >= 4 is 12.6 Å². The van der Waals surface area contributed by atoms with Crippen molar-refractivity contribution in [2.24, 2.45) is 11.7 Å². The van der Waals surface area contributed by atoms with E-state index in [1.54, 1.807) is 0 Å². The van der Waals surface area contributed by atoms with Crippen molar-refractivity contribution in [2.45, 2.75) is 18.1 Å². The molecular weight excluding hydrogens is 106 g/mol. The Morgan fingerprint density at radius 3 is 2.29 bits per heavy atom. The van der Waals surface area contributed by atoms with E-state index in [2.05, 4.69) is 12.6 Å². The van der Waals surface area contributed by atoms with Gasteiger partial charge in [0.2, 0.25) is 0 Å². The van der Waals surface area contributed by atoms with Crippen LogP contribution in [0.4, 0.5) is 0 Å². The van der Waals surface area contributed by atoms with Gasteiger partial charge in [-0.3, -0.25) is 0 Å². The van der Waals surface area contributed by atoms with Gasteiger partial charge in [0.25, 0.3) is 0 Å². The summed E-state index contributed by atoms with van der Waals surface area (Å²) in [4.78, 5) is 0. The number of thiol groups is 1. The normalized spacial score (nSPS) is 40.3. The fourth-order valence-electron chi connectivity index (χ4n) is 0.826. The highest BCUT2D eigenvalue weighted by molar-refractivity contribution is 7.81. The maximum atomic E-state index is 5.38. The van der Waals surface area contributed by atoms with Crippen LogP contribution < -0.4 is 5.73 Å². The standard InChI is InChI=1S/C5H11NS/c6-3-4-1-2-5(4)7/h4-5,7H,1-3,6H2. The van der Waals surface area contributed by atoms with Crippen molar-refractivity contribution in [3.05, 3.63) is 0 Å². The Morgan fingerprint density at radius 1 is 1.57 bits per heavy atom. The van der Waals surface area contributed by atoms with Crippen LogP contribution in [0.1, 0.15) is 12.8 Å². The van der Waals surface area contributed by atoms with Gasteiger partial charge in [0.05, 0.1) is 0 Å². The van der Waals surface area contributed by atoms with E-state index < -0.39 is 0 Å². The predicted octanol–water partition coefficient (Wildman–Crippen LogP) is 0.654. The molecule has 0 bridgehead atoms. The average Bonchev–Trinajstić information content (AvgIpc) is 1.65. The van der Waals surface area contributed by atoms with Crippen LogP contribution in [0.3, 0.4) is 0 Å². The van der Waals surface area contributed by atoms with Crippen molar-refractivity contribution < 1.29 is 0 Å². The lowest BCUT2D eigenvalue weighted by molar-refractivity contribution is 0.343. The molecule has 2 heteroatoms. The number of hydrogen-bond donors (Lipinski definition) is 2. The molecule has 42 valence electrons. The first kappa shape index (κ1) is 5.45. The van der Waals surface area contributed by atoms with Crippen LogP contribution in [-0.4, -0.2) is 11.8 Å². The molecule has 0 radical (unpaired) electrons. The van der Waals surface area contributed by atoms with Crippen LogP contribution in [0.2, 0.25) is 0 Å². The van der Waals surface area contributed by atoms with Gasteiger partial charge >= 0.3 is 0 Å². The van der Waals surface area contributed by atoms with E-state index in [0.29, 0.717) is 5.25 Å². The third kappa shape index (κ3) is 0.916. The quantitative estimate of drug-likeness (QED) is 0.485. The van der Waals surface area contributed by atoms with E-state index in [0.717, 1.165) is 12.5 Å². The molecule has 1 fully saturated rings. The Labute approximate surface area is 49.7 Å². The molecule has 1 rings (SSSR count). The van der Waals surface area contributed by atoms with Crippen LogP contribution in [0.5, 0.6) is 0 Å². The zero-order valence-electron chi connectivity index (χ0n) is 4.30. The number of nitrogens with two attached hydrogens (primary N) is 1. The molecule has 0 spiro atoms. The summed E-state index contributed by atoms with van der Waals surface area (Å²) in [5.74, 6) is 0.725. The second-order valence-electron chi connectivity index (χ2n) is 2.14. The fourth-order valence-corrected chi connectivity index (χ4v) is 1.25. The van der Waals surface area contributed by atoms with Crippen LogP contribution >= 0.6 is 12.6 Å². The van der Waals surface area contributed by atoms with Crippen molar-refractivity contribution in [2.75, 3.05) is 6.54 Å². The zero-order chi connectivity index (χ0) is 5.28. The molecule has 0 heterocycles. The lowest BCUT2D eigenvalue weighted by atomic mass is 9.85. The third-order valence-electron chi connectivity index (χ3n) is 1.68. The van der Waals surface area contributed by atoms with Crippen LogP contribution in [0.25, 0.3) is 0 Å². The molecule has 0 amide bonds. The highest BCUT2D eigenvalue weighted by atomic mass is 32.1. The van der Waals surface area contributed by atoms with Gasteiger partial charge in [-0.25, -0.2) is 0 Å². The van der Waals surface area contributed by atoms with Gasteiger partial charge in [0.15, 0.2) is 0 Å². The zero-order valence-corrected chi connectivity index (χ0v) is 5.20. The molecule has 0 saturated heterocycles. The summed E-state index contributed by atoms with van der Waals surface area (Å²) < 4.78 is 0. The highest BCUT2D eigenvalue weighted by Crippen LogP contribution is 2.30. The Balaban J connectivity index is 2.16. The predicted molar refractivity (Wildman–Crippen MR) is 34.6 cm³/mol. The minimum absolute atomic E-state index is 0.616. The maximum absolute atomic E-state index is 5.38. The molecular formula is C5H11NS. The lowest BCUT2D eigenvalue weighted by Gasteiger charge is -2.31. The monoisotopic (exact) mass is 117 g/mol. The summed E-state index contributed by atoms with van der Waals surface area (Å²) in [5, 5.41) is 0.616. The Kier molecular flexibility index (Phi) is 1.60. The second kappa shape index (κ2) is 2.05.